The second-order valence-corrected chi connectivity index (χ2v) is 4.03. The quantitative estimate of drug-likeness (QED) is 0.653. The van der Waals surface area contributed by atoms with E-state index in [1.54, 1.807) is 0 Å². The van der Waals surface area contributed by atoms with E-state index in [1.165, 1.54) is 40.9 Å². The molecule has 0 N–H and O–H groups in total. The van der Waals surface area contributed by atoms with Crippen LogP contribution in [0.15, 0.2) is 30.8 Å². The van der Waals surface area contributed by atoms with Gasteiger partial charge in [0, 0.05) is 0 Å². The van der Waals surface area contributed by atoms with Crippen LogP contribution >= 0.6 is 0 Å². The Labute approximate surface area is 78.0 Å². The summed E-state index contributed by atoms with van der Waals surface area (Å²) in [5.41, 5.74) is 2.66. The van der Waals surface area contributed by atoms with Crippen molar-refractivity contribution in [3.63, 3.8) is 0 Å². The third-order valence-electron chi connectivity index (χ3n) is 1.68. The number of hydrogen-bond donors (Lipinski definition) is 0. The first-order valence-corrected chi connectivity index (χ1v) is 5.97. The minimum absolute atomic E-state index is 1.21. The summed E-state index contributed by atoms with van der Waals surface area (Å²) in [6.07, 6.45) is 3.11. The minimum atomic E-state index is 1.21. The van der Waals surface area contributed by atoms with E-state index in [0.29, 0.717) is 0 Å². The summed E-state index contributed by atoms with van der Waals surface area (Å²) in [5, 5.41) is 1.34. The van der Waals surface area contributed by atoms with Gasteiger partial charge in [-0.25, -0.2) is 0 Å². The fourth-order valence-electron chi connectivity index (χ4n) is 1.02. The summed E-state index contributed by atoms with van der Waals surface area (Å²) in [6, 6.07) is 8.62. The van der Waals surface area contributed by atoms with Crippen molar-refractivity contribution in [2.45, 2.75) is 11.4 Å². The Balaban J connectivity index is 2.74. The molecule has 11 heavy (non-hydrogen) atoms. The molecule has 1 aromatic carbocycles. The normalized spacial score (nSPS) is 9.64. The first-order valence-electron chi connectivity index (χ1n) is 3.87. The Kier molecular flexibility index (Phi) is 3.52. The zero-order chi connectivity index (χ0) is 8.10. The zero-order valence-electron chi connectivity index (χ0n) is 6.72. The molecule has 0 atom stereocenters. The van der Waals surface area contributed by atoms with Crippen LogP contribution in [0.3, 0.4) is 0 Å². The van der Waals surface area contributed by atoms with Gasteiger partial charge in [-0.1, -0.05) is 0 Å². The van der Waals surface area contributed by atoms with E-state index in [9.17, 15) is 0 Å². The summed E-state index contributed by atoms with van der Waals surface area (Å²) in [6.45, 7) is 3.71. The molecule has 0 heterocycles. The van der Waals surface area contributed by atoms with Crippen molar-refractivity contribution in [1.82, 2.24) is 0 Å². The molecular formula is C10H11Zn. The van der Waals surface area contributed by atoms with Crippen LogP contribution in [-0.4, -0.2) is 0 Å². The molecule has 0 aliphatic carbocycles. The molecule has 0 aromatic heterocycles. The summed E-state index contributed by atoms with van der Waals surface area (Å²) in [7, 11) is 0. The summed E-state index contributed by atoms with van der Waals surface area (Å²) >= 11 is 1.39. The van der Waals surface area contributed by atoms with E-state index in [1.807, 2.05) is 6.08 Å². The van der Waals surface area contributed by atoms with Gasteiger partial charge < -0.3 is 0 Å². The Hall–Kier alpha value is -0.417. The predicted octanol–water partition coefficient (Wildman–Crippen LogP) is 2.84. The molecular weight excluding hydrogens is 185 g/mol. The summed E-state index contributed by atoms with van der Waals surface area (Å²) in [4.78, 5) is 0. The van der Waals surface area contributed by atoms with Gasteiger partial charge in [0.1, 0.15) is 0 Å². The zero-order valence-corrected chi connectivity index (χ0v) is 9.68. The molecule has 53 valence electrons. The molecule has 0 aliphatic rings. The van der Waals surface area contributed by atoms with Crippen LogP contribution < -0.4 is 0 Å². The van der Waals surface area contributed by atoms with Crippen LogP contribution in [0.5, 0.6) is 0 Å². The van der Waals surface area contributed by atoms with Crippen LogP contribution in [0.2, 0.25) is 5.02 Å². The van der Waals surface area contributed by atoms with Gasteiger partial charge in [0.25, 0.3) is 0 Å². The first-order chi connectivity index (χ1) is 5.36. The molecule has 1 aromatic rings. The van der Waals surface area contributed by atoms with E-state index in [0.717, 1.165) is 0 Å². The van der Waals surface area contributed by atoms with Crippen molar-refractivity contribution in [3.05, 3.63) is 42.0 Å². The van der Waals surface area contributed by atoms with Gasteiger partial charge in [0.2, 0.25) is 0 Å². The van der Waals surface area contributed by atoms with Crippen LogP contribution in [0.1, 0.15) is 11.1 Å². The van der Waals surface area contributed by atoms with E-state index in [-0.39, 0.29) is 0 Å². The van der Waals surface area contributed by atoms with E-state index >= 15 is 0 Å². The molecule has 0 amide bonds. The van der Waals surface area contributed by atoms with E-state index in [4.69, 9.17) is 0 Å². The van der Waals surface area contributed by atoms with Crippen LogP contribution in [0, 0.1) is 0 Å². The van der Waals surface area contributed by atoms with E-state index < -0.39 is 0 Å². The molecule has 1 heteroatoms. The Morgan fingerprint density at radius 2 is 1.91 bits per heavy atom. The topological polar surface area (TPSA) is 0 Å². The number of benzene rings is 1. The van der Waals surface area contributed by atoms with Gasteiger partial charge in [0.15, 0.2) is 0 Å². The third kappa shape index (κ3) is 2.59. The molecule has 0 radical (unpaired) electrons. The van der Waals surface area contributed by atoms with Crippen molar-refractivity contribution in [2.75, 3.05) is 0 Å². The standard InChI is InChI=1S/C10H11.Zn/c1-3-9-5-7-10(4-2)8-6-9;/h3,5-8H,1-2,4H2;. The molecule has 0 saturated heterocycles. The Morgan fingerprint density at radius 1 is 1.27 bits per heavy atom. The average molecular weight is 197 g/mol. The number of rotatable bonds is 3. The molecule has 0 nitrogen and oxygen atoms in total. The van der Waals surface area contributed by atoms with Gasteiger partial charge in [0.05, 0.1) is 0 Å². The summed E-state index contributed by atoms with van der Waals surface area (Å²) in [5.74, 6) is 0. The fraction of sp³-hybridized carbons (Fsp3) is 0.200. The third-order valence-corrected chi connectivity index (χ3v) is 2.42. The van der Waals surface area contributed by atoms with Crippen molar-refractivity contribution in [2.24, 2.45) is 0 Å². The first kappa shape index (κ1) is 8.68. The number of hydrogen-bond acceptors (Lipinski definition) is 0. The van der Waals surface area contributed by atoms with Gasteiger partial charge in [-0.3, -0.25) is 0 Å². The Bertz CT molecular complexity index is 223. The predicted molar refractivity (Wildman–Crippen MR) is 45.0 cm³/mol. The molecule has 0 bridgehead atoms. The fourth-order valence-corrected chi connectivity index (χ4v) is 1.88. The van der Waals surface area contributed by atoms with Gasteiger partial charge in [-0.15, -0.1) is 0 Å². The Morgan fingerprint density at radius 3 is 2.36 bits per heavy atom. The average Bonchev–Trinajstić information content (AvgIpc) is 2.07. The van der Waals surface area contributed by atoms with Crippen molar-refractivity contribution < 1.29 is 18.3 Å². The second-order valence-electron chi connectivity index (χ2n) is 2.55. The van der Waals surface area contributed by atoms with Crippen molar-refractivity contribution in [3.8, 4) is 0 Å². The SMILES string of the molecule is C=Cc1ccc(C[CH2][Zn])cc1. The van der Waals surface area contributed by atoms with Crippen LogP contribution in [0.25, 0.3) is 6.08 Å². The van der Waals surface area contributed by atoms with Gasteiger partial charge in [-0.2, -0.15) is 0 Å². The molecule has 0 aliphatic heterocycles. The maximum atomic E-state index is 3.71. The van der Waals surface area contributed by atoms with Crippen LogP contribution in [0.4, 0.5) is 0 Å². The molecule has 0 spiro atoms. The molecule has 1 rings (SSSR count). The molecule has 0 saturated carbocycles. The van der Waals surface area contributed by atoms with Gasteiger partial charge in [-0.05, 0) is 0 Å². The molecule has 0 fully saturated rings. The number of aryl methyl sites for hydroxylation is 1. The molecule has 0 unspecified atom stereocenters. The van der Waals surface area contributed by atoms with E-state index in [2.05, 4.69) is 30.8 Å². The van der Waals surface area contributed by atoms with Gasteiger partial charge >= 0.3 is 77.8 Å². The van der Waals surface area contributed by atoms with Crippen LogP contribution in [-0.2, 0) is 24.7 Å². The van der Waals surface area contributed by atoms with Crippen molar-refractivity contribution >= 4 is 6.08 Å². The monoisotopic (exact) mass is 195 g/mol. The summed E-state index contributed by atoms with van der Waals surface area (Å²) < 4.78 is 0. The second kappa shape index (κ2) is 4.46. The maximum absolute atomic E-state index is 3.71. The van der Waals surface area contributed by atoms with Crippen molar-refractivity contribution in [1.29, 1.82) is 0 Å².